The number of thiazole rings is 1. The standard InChI is InChI=1S/C11H9ClN2O2S2/c12-9-2-1-7(4-13-9)5-17-11-14-8(6-18-11)3-10(15)16/h1-2,4,6H,3,5H2,(H,15,16). The van der Waals surface area contributed by atoms with Crippen molar-refractivity contribution in [3.05, 3.63) is 40.1 Å². The summed E-state index contributed by atoms with van der Waals surface area (Å²) in [7, 11) is 0. The third-order valence-corrected chi connectivity index (χ3v) is 4.38. The van der Waals surface area contributed by atoms with Crippen LogP contribution in [0, 0.1) is 0 Å². The Morgan fingerprint density at radius 3 is 3.00 bits per heavy atom. The minimum atomic E-state index is -0.862. The molecule has 0 bridgehead atoms. The van der Waals surface area contributed by atoms with Crippen molar-refractivity contribution in [2.45, 2.75) is 16.5 Å². The zero-order chi connectivity index (χ0) is 13.0. The van der Waals surface area contributed by atoms with Crippen molar-refractivity contribution in [2.75, 3.05) is 0 Å². The van der Waals surface area contributed by atoms with Crippen LogP contribution in [0.4, 0.5) is 0 Å². The predicted molar refractivity (Wildman–Crippen MR) is 72.3 cm³/mol. The molecule has 0 amide bonds. The number of hydrogen-bond donors (Lipinski definition) is 1. The SMILES string of the molecule is O=C(O)Cc1csc(SCc2ccc(Cl)nc2)n1. The van der Waals surface area contributed by atoms with Gasteiger partial charge < -0.3 is 5.11 Å². The number of aromatic nitrogens is 2. The fourth-order valence-electron chi connectivity index (χ4n) is 1.23. The zero-order valence-electron chi connectivity index (χ0n) is 9.17. The molecule has 0 aliphatic carbocycles. The minimum absolute atomic E-state index is 0.0282. The van der Waals surface area contributed by atoms with Gasteiger partial charge in [-0.3, -0.25) is 4.79 Å². The number of carbonyl (C=O) groups is 1. The first-order valence-corrected chi connectivity index (χ1v) is 7.27. The molecule has 94 valence electrons. The van der Waals surface area contributed by atoms with Crippen LogP contribution in [0.1, 0.15) is 11.3 Å². The average Bonchev–Trinajstić information content (AvgIpc) is 2.75. The topological polar surface area (TPSA) is 63.1 Å². The molecule has 0 aromatic carbocycles. The molecule has 2 rings (SSSR count). The summed E-state index contributed by atoms with van der Waals surface area (Å²) in [6.07, 6.45) is 1.70. The second-order valence-electron chi connectivity index (χ2n) is 3.45. The number of aliphatic carboxylic acids is 1. The lowest BCUT2D eigenvalue weighted by atomic mass is 10.3. The van der Waals surface area contributed by atoms with Crippen LogP contribution in [-0.2, 0) is 17.0 Å². The summed E-state index contributed by atoms with van der Waals surface area (Å²) < 4.78 is 0.862. The summed E-state index contributed by atoms with van der Waals surface area (Å²) in [5.74, 6) is -0.122. The van der Waals surface area contributed by atoms with Crippen LogP contribution in [0.2, 0.25) is 5.15 Å². The predicted octanol–water partition coefficient (Wildman–Crippen LogP) is 3.11. The summed E-state index contributed by atoms with van der Waals surface area (Å²) >= 11 is 8.71. The summed E-state index contributed by atoms with van der Waals surface area (Å²) in [4.78, 5) is 18.8. The summed E-state index contributed by atoms with van der Waals surface area (Å²) in [6, 6.07) is 3.66. The first-order valence-electron chi connectivity index (χ1n) is 5.03. The van der Waals surface area contributed by atoms with E-state index in [-0.39, 0.29) is 6.42 Å². The highest BCUT2D eigenvalue weighted by Gasteiger charge is 2.06. The van der Waals surface area contributed by atoms with Crippen molar-refractivity contribution in [3.63, 3.8) is 0 Å². The highest BCUT2D eigenvalue weighted by molar-refractivity contribution is 8.00. The molecule has 2 heterocycles. The second-order valence-corrected chi connectivity index (χ2v) is 5.92. The van der Waals surface area contributed by atoms with E-state index in [0.717, 1.165) is 15.7 Å². The molecule has 0 aliphatic rings. The molecule has 0 saturated heterocycles. The fourth-order valence-corrected chi connectivity index (χ4v) is 3.12. The van der Waals surface area contributed by atoms with Gasteiger partial charge in [0.25, 0.3) is 0 Å². The molecule has 0 spiro atoms. The highest BCUT2D eigenvalue weighted by Crippen LogP contribution is 2.26. The van der Waals surface area contributed by atoms with Gasteiger partial charge >= 0.3 is 5.97 Å². The molecule has 4 nitrogen and oxygen atoms in total. The van der Waals surface area contributed by atoms with Gasteiger partial charge in [-0.05, 0) is 11.6 Å². The first-order chi connectivity index (χ1) is 8.63. The lowest BCUT2D eigenvalue weighted by molar-refractivity contribution is -0.136. The lowest BCUT2D eigenvalue weighted by Gasteiger charge is -1.98. The molecule has 0 atom stereocenters. The Morgan fingerprint density at radius 1 is 1.50 bits per heavy atom. The maximum Gasteiger partial charge on any atom is 0.309 e. The number of rotatable bonds is 5. The van der Waals surface area contributed by atoms with E-state index in [1.165, 1.54) is 11.3 Å². The largest absolute Gasteiger partial charge is 0.481 e. The van der Waals surface area contributed by atoms with Crippen molar-refractivity contribution < 1.29 is 9.90 Å². The molecule has 0 radical (unpaired) electrons. The van der Waals surface area contributed by atoms with E-state index in [4.69, 9.17) is 16.7 Å². The maximum absolute atomic E-state index is 10.5. The molecule has 1 N–H and O–H groups in total. The van der Waals surface area contributed by atoms with Crippen molar-refractivity contribution in [1.29, 1.82) is 0 Å². The van der Waals surface area contributed by atoms with E-state index in [0.29, 0.717) is 10.8 Å². The van der Waals surface area contributed by atoms with Crippen molar-refractivity contribution in [1.82, 2.24) is 9.97 Å². The molecular weight excluding hydrogens is 292 g/mol. The Bertz CT molecular complexity index is 542. The molecule has 2 aromatic heterocycles. The number of pyridine rings is 1. The van der Waals surface area contributed by atoms with Gasteiger partial charge in [-0.25, -0.2) is 9.97 Å². The molecule has 0 saturated carbocycles. The van der Waals surface area contributed by atoms with E-state index in [9.17, 15) is 4.79 Å². The summed E-state index contributed by atoms with van der Waals surface area (Å²) in [5, 5.41) is 10.9. The number of carboxylic acids is 1. The van der Waals surface area contributed by atoms with Gasteiger partial charge in [-0.15, -0.1) is 11.3 Å². The number of thioether (sulfide) groups is 1. The minimum Gasteiger partial charge on any atom is -0.481 e. The summed E-state index contributed by atoms with van der Waals surface area (Å²) in [5.41, 5.74) is 1.66. The first kappa shape index (κ1) is 13.3. The van der Waals surface area contributed by atoms with Crippen molar-refractivity contribution >= 4 is 40.7 Å². The second kappa shape index (κ2) is 6.17. The van der Waals surface area contributed by atoms with Crippen LogP contribution in [0.5, 0.6) is 0 Å². The van der Waals surface area contributed by atoms with E-state index >= 15 is 0 Å². The van der Waals surface area contributed by atoms with Gasteiger partial charge in [-0.1, -0.05) is 29.4 Å². The molecular formula is C11H9ClN2O2S2. The Hall–Kier alpha value is -1.11. The Morgan fingerprint density at radius 2 is 2.33 bits per heavy atom. The van der Waals surface area contributed by atoms with E-state index in [2.05, 4.69) is 9.97 Å². The zero-order valence-corrected chi connectivity index (χ0v) is 11.6. The van der Waals surface area contributed by atoms with E-state index < -0.39 is 5.97 Å². The number of nitrogens with zero attached hydrogens (tertiary/aromatic N) is 2. The van der Waals surface area contributed by atoms with Gasteiger partial charge in [0.15, 0.2) is 0 Å². The van der Waals surface area contributed by atoms with Crippen LogP contribution in [0.15, 0.2) is 28.0 Å². The normalized spacial score (nSPS) is 10.5. The number of halogens is 1. The lowest BCUT2D eigenvalue weighted by Crippen LogP contribution is -1.99. The molecule has 7 heteroatoms. The van der Waals surface area contributed by atoms with Gasteiger partial charge in [0, 0.05) is 17.3 Å². The van der Waals surface area contributed by atoms with Crippen LogP contribution < -0.4 is 0 Å². The monoisotopic (exact) mass is 300 g/mol. The Balaban J connectivity index is 1.92. The van der Waals surface area contributed by atoms with Crippen LogP contribution in [0.3, 0.4) is 0 Å². The summed E-state index contributed by atoms with van der Waals surface area (Å²) in [6.45, 7) is 0. The van der Waals surface area contributed by atoms with Crippen LogP contribution >= 0.6 is 34.7 Å². The number of hydrogen-bond acceptors (Lipinski definition) is 5. The maximum atomic E-state index is 10.5. The quantitative estimate of drug-likeness (QED) is 0.679. The van der Waals surface area contributed by atoms with Crippen molar-refractivity contribution in [2.24, 2.45) is 0 Å². The molecule has 18 heavy (non-hydrogen) atoms. The van der Waals surface area contributed by atoms with Gasteiger partial charge in [-0.2, -0.15) is 0 Å². The Kier molecular flexibility index (Phi) is 4.57. The van der Waals surface area contributed by atoms with E-state index in [1.54, 1.807) is 29.4 Å². The molecule has 2 aromatic rings. The Labute approximate surface area is 117 Å². The van der Waals surface area contributed by atoms with Crippen LogP contribution in [-0.4, -0.2) is 21.0 Å². The van der Waals surface area contributed by atoms with Gasteiger partial charge in [0.1, 0.15) is 9.49 Å². The number of carboxylic acid groups (broad SMARTS) is 1. The van der Waals surface area contributed by atoms with Crippen molar-refractivity contribution in [3.8, 4) is 0 Å². The molecule has 0 aliphatic heterocycles. The van der Waals surface area contributed by atoms with Crippen LogP contribution in [0.25, 0.3) is 0 Å². The molecule has 0 unspecified atom stereocenters. The fraction of sp³-hybridized carbons (Fsp3) is 0.182. The molecule has 0 fully saturated rings. The highest BCUT2D eigenvalue weighted by atomic mass is 35.5. The average molecular weight is 301 g/mol. The van der Waals surface area contributed by atoms with Gasteiger partial charge in [0.2, 0.25) is 0 Å². The van der Waals surface area contributed by atoms with E-state index in [1.807, 2.05) is 6.07 Å². The third kappa shape index (κ3) is 3.97. The smallest absolute Gasteiger partial charge is 0.309 e. The van der Waals surface area contributed by atoms with Gasteiger partial charge in [0.05, 0.1) is 12.1 Å². The third-order valence-electron chi connectivity index (χ3n) is 2.01.